The van der Waals surface area contributed by atoms with E-state index in [1.54, 1.807) is 6.08 Å². The normalized spacial score (nSPS) is 24.5. The summed E-state index contributed by atoms with van der Waals surface area (Å²) in [5.74, 6) is 0.420. The maximum Gasteiger partial charge on any atom is 0.313 e. The second kappa shape index (κ2) is 5.51. The molecule has 2 saturated carbocycles. The fraction of sp³-hybridized carbons (Fsp3) is 0.786. The number of esters is 1. The largest absolute Gasteiger partial charge is 0.462 e. The van der Waals surface area contributed by atoms with E-state index in [0.717, 1.165) is 25.7 Å². The van der Waals surface area contributed by atoms with Gasteiger partial charge in [-0.3, -0.25) is 4.79 Å². The molecule has 0 radical (unpaired) electrons. The summed E-state index contributed by atoms with van der Waals surface area (Å²) < 4.78 is 5.57. The van der Waals surface area contributed by atoms with Gasteiger partial charge in [0.05, 0.1) is 5.92 Å². The van der Waals surface area contributed by atoms with Crippen molar-refractivity contribution < 1.29 is 9.53 Å². The van der Waals surface area contributed by atoms with Crippen molar-refractivity contribution in [2.24, 2.45) is 11.8 Å². The molecule has 0 aromatic heterocycles. The summed E-state index contributed by atoms with van der Waals surface area (Å²) in [6.45, 7) is 3.80. The number of rotatable bonds is 4. The lowest BCUT2D eigenvalue weighted by Crippen LogP contribution is -2.26. The number of ether oxygens (including phenoxy) is 1. The molecule has 0 aromatic carbocycles. The minimum Gasteiger partial charge on any atom is -0.462 e. The molecule has 1 atom stereocenters. The van der Waals surface area contributed by atoms with Crippen LogP contribution in [0.1, 0.15) is 51.4 Å². The molecule has 2 fully saturated rings. The van der Waals surface area contributed by atoms with Crippen molar-refractivity contribution in [3.63, 3.8) is 0 Å². The van der Waals surface area contributed by atoms with Gasteiger partial charge in [-0.1, -0.05) is 18.9 Å². The van der Waals surface area contributed by atoms with E-state index >= 15 is 0 Å². The molecule has 2 rings (SSSR count). The molecule has 90 valence electrons. The summed E-state index contributed by atoms with van der Waals surface area (Å²) in [4.78, 5) is 12.0. The van der Waals surface area contributed by atoms with Crippen molar-refractivity contribution in [2.75, 3.05) is 0 Å². The quantitative estimate of drug-likeness (QED) is 0.538. The molecule has 16 heavy (non-hydrogen) atoms. The molecule has 0 aromatic rings. The molecule has 1 unspecified atom stereocenters. The fourth-order valence-corrected chi connectivity index (χ4v) is 3.05. The van der Waals surface area contributed by atoms with Gasteiger partial charge in [-0.2, -0.15) is 0 Å². The average molecular weight is 222 g/mol. The molecule has 0 saturated heterocycles. The Balaban J connectivity index is 1.87. The molecule has 2 aliphatic rings. The van der Waals surface area contributed by atoms with E-state index in [1.165, 1.54) is 25.7 Å². The van der Waals surface area contributed by atoms with E-state index in [9.17, 15) is 4.79 Å². The van der Waals surface area contributed by atoms with Gasteiger partial charge in [0.1, 0.15) is 6.10 Å². The molecule has 2 nitrogen and oxygen atoms in total. The summed E-state index contributed by atoms with van der Waals surface area (Å²) in [6, 6.07) is 0. The molecule has 0 amide bonds. The SMILES string of the molecule is C=CC(C(=O)OC1CCCC1)C1CCCC1. The molecular formula is C14H22O2. The van der Waals surface area contributed by atoms with Crippen LogP contribution in [0.5, 0.6) is 0 Å². The topological polar surface area (TPSA) is 26.3 Å². The van der Waals surface area contributed by atoms with E-state index in [-0.39, 0.29) is 18.0 Å². The maximum atomic E-state index is 12.0. The maximum absolute atomic E-state index is 12.0. The summed E-state index contributed by atoms with van der Waals surface area (Å²) >= 11 is 0. The molecule has 0 bridgehead atoms. The zero-order valence-corrected chi connectivity index (χ0v) is 9.99. The van der Waals surface area contributed by atoms with Crippen LogP contribution in [-0.2, 0) is 9.53 Å². The molecule has 0 N–H and O–H groups in total. The van der Waals surface area contributed by atoms with E-state index in [1.807, 2.05) is 0 Å². The van der Waals surface area contributed by atoms with E-state index in [2.05, 4.69) is 6.58 Å². The third kappa shape index (κ3) is 2.66. The summed E-state index contributed by atoms with van der Waals surface area (Å²) in [5, 5.41) is 0. The second-order valence-electron chi connectivity index (χ2n) is 5.15. The van der Waals surface area contributed by atoms with Crippen LogP contribution in [0.25, 0.3) is 0 Å². The Morgan fingerprint density at radius 2 is 1.69 bits per heavy atom. The standard InChI is InChI=1S/C14H22O2/c1-2-13(11-7-3-4-8-11)14(15)16-12-9-5-6-10-12/h2,11-13H,1,3-10H2. The van der Waals surface area contributed by atoms with Crippen LogP contribution >= 0.6 is 0 Å². The summed E-state index contributed by atoms with van der Waals surface area (Å²) in [7, 11) is 0. The lowest BCUT2D eigenvalue weighted by Gasteiger charge is -2.20. The van der Waals surface area contributed by atoms with Crippen molar-refractivity contribution >= 4 is 5.97 Å². The van der Waals surface area contributed by atoms with E-state index in [0.29, 0.717) is 5.92 Å². The lowest BCUT2D eigenvalue weighted by atomic mass is 9.91. The fourth-order valence-electron chi connectivity index (χ4n) is 3.05. The summed E-state index contributed by atoms with van der Waals surface area (Å²) in [5.41, 5.74) is 0. The van der Waals surface area contributed by atoms with Gasteiger partial charge < -0.3 is 4.74 Å². The van der Waals surface area contributed by atoms with Crippen molar-refractivity contribution in [3.05, 3.63) is 12.7 Å². The van der Waals surface area contributed by atoms with Gasteiger partial charge in [0.15, 0.2) is 0 Å². The lowest BCUT2D eigenvalue weighted by molar-refractivity contribution is -0.153. The van der Waals surface area contributed by atoms with Gasteiger partial charge in [-0.15, -0.1) is 6.58 Å². The Morgan fingerprint density at radius 3 is 2.25 bits per heavy atom. The number of carbonyl (C=O) groups excluding carboxylic acids is 1. The predicted molar refractivity (Wildman–Crippen MR) is 64.0 cm³/mol. The first-order chi connectivity index (χ1) is 7.81. The van der Waals surface area contributed by atoms with Crippen LogP contribution in [0.15, 0.2) is 12.7 Å². The first-order valence-corrected chi connectivity index (χ1v) is 6.64. The number of hydrogen-bond acceptors (Lipinski definition) is 2. The Labute approximate surface area is 98.1 Å². The predicted octanol–water partition coefficient (Wildman–Crippen LogP) is 3.46. The Bertz CT molecular complexity index is 247. The third-order valence-corrected chi connectivity index (χ3v) is 4.02. The molecule has 2 aliphatic carbocycles. The zero-order chi connectivity index (χ0) is 11.4. The minimum atomic E-state index is -0.0527. The highest BCUT2D eigenvalue weighted by Gasteiger charge is 2.31. The van der Waals surface area contributed by atoms with Gasteiger partial charge in [-0.25, -0.2) is 0 Å². The molecular weight excluding hydrogens is 200 g/mol. The van der Waals surface area contributed by atoms with Gasteiger partial charge in [-0.05, 0) is 44.4 Å². The first kappa shape index (κ1) is 11.7. The first-order valence-electron chi connectivity index (χ1n) is 6.64. The zero-order valence-electron chi connectivity index (χ0n) is 9.99. The van der Waals surface area contributed by atoms with Crippen molar-refractivity contribution in [2.45, 2.75) is 57.5 Å². The Kier molecular flexibility index (Phi) is 4.03. The van der Waals surface area contributed by atoms with Crippen molar-refractivity contribution in [1.29, 1.82) is 0 Å². The molecule has 0 spiro atoms. The van der Waals surface area contributed by atoms with Crippen LogP contribution in [-0.4, -0.2) is 12.1 Å². The Morgan fingerprint density at radius 1 is 1.12 bits per heavy atom. The average Bonchev–Trinajstić information content (AvgIpc) is 2.91. The monoisotopic (exact) mass is 222 g/mol. The highest BCUT2D eigenvalue weighted by molar-refractivity contribution is 5.75. The molecule has 2 heteroatoms. The van der Waals surface area contributed by atoms with Gasteiger partial charge in [0, 0.05) is 0 Å². The van der Waals surface area contributed by atoms with Gasteiger partial charge in [0.2, 0.25) is 0 Å². The van der Waals surface area contributed by atoms with E-state index in [4.69, 9.17) is 4.74 Å². The summed E-state index contributed by atoms with van der Waals surface area (Å²) in [6.07, 6.45) is 11.4. The van der Waals surface area contributed by atoms with Crippen LogP contribution < -0.4 is 0 Å². The van der Waals surface area contributed by atoms with E-state index < -0.39 is 0 Å². The minimum absolute atomic E-state index is 0.0196. The number of carbonyl (C=O) groups is 1. The van der Waals surface area contributed by atoms with Gasteiger partial charge >= 0.3 is 5.97 Å². The molecule has 0 aliphatic heterocycles. The second-order valence-corrected chi connectivity index (χ2v) is 5.15. The van der Waals surface area contributed by atoms with Crippen LogP contribution in [0.4, 0.5) is 0 Å². The Hall–Kier alpha value is -0.790. The van der Waals surface area contributed by atoms with Crippen LogP contribution in [0, 0.1) is 11.8 Å². The van der Waals surface area contributed by atoms with Crippen molar-refractivity contribution in [1.82, 2.24) is 0 Å². The highest BCUT2D eigenvalue weighted by atomic mass is 16.5. The third-order valence-electron chi connectivity index (χ3n) is 4.02. The number of hydrogen-bond donors (Lipinski definition) is 0. The molecule has 0 heterocycles. The smallest absolute Gasteiger partial charge is 0.313 e. The highest BCUT2D eigenvalue weighted by Crippen LogP contribution is 2.33. The van der Waals surface area contributed by atoms with Crippen molar-refractivity contribution in [3.8, 4) is 0 Å². The van der Waals surface area contributed by atoms with Crippen LogP contribution in [0.2, 0.25) is 0 Å². The van der Waals surface area contributed by atoms with Crippen LogP contribution in [0.3, 0.4) is 0 Å². The van der Waals surface area contributed by atoms with Gasteiger partial charge in [0.25, 0.3) is 0 Å².